The largest absolute Gasteiger partial charge is 0.457 e. The van der Waals surface area contributed by atoms with Crippen LogP contribution in [-0.4, -0.2) is 6.04 Å². The summed E-state index contributed by atoms with van der Waals surface area (Å²) in [6, 6.07) is 12.8. The van der Waals surface area contributed by atoms with E-state index in [-0.39, 0.29) is 0 Å². The molecule has 2 aromatic rings. The quantitative estimate of drug-likeness (QED) is 0.786. The zero-order valence-corrected chi connectivity index (χ0v) is 14.6. The molecule has 0 aromatic heterocycles. The van der Waals surface area contributed by atoms with Crippen molar-refractivity contribution in [2.24, 2.45) is 0 Å². The Morgan fingerprint density at radius 1 is 1.10 bits per heavy atom. The number of rotatable bonds is 5. The lowest BCUT2D eigenvalue weighted by Gasteiger charge is -2.15. The van der Waals surface area contributed by atoms with Crippen molar-refractivity contribution in [2.45, 2.75) is 40.3 Å². The Morgan fingerprint density at radius 2 is 1.86 bits per heavy atom. The van der Waals surface area contributed by atoms with Gasteiger partial charge in [0.05, 0.1) is 0 Å². The lowest BCUT2D eigenvalue weighted by Crippen LogP contribution is -2.22. The maximum absolute atomic E-state index is 6.07. The van der Waals surface area contributed by atoms with Crippen LogP contribution in [0.3, 0.4) is 0 Å². The molecule has 21 heavy (non-hydrogen) atoms. The summed E-state index contributed by atoms with van der Waals surface area (Å²) in [5.41, 5.74) is 3.60. The Bertz CT molecular complexity index is 623. The highest BCUT2D eigenvalue weighted by Crippen LogP contribution is 2.29. The summed E-state index contributed by atoms with van der Waals surface area (Å²) >= 11 is 3.51. The van der Waals surface area contributed by atoms with E-state index in [4.69, 9.17) is 4.74 Å². The molecule has 0 fully saturated rings. The molecule has 112 valence electrons. The van der Waals surface area contributed by atoms with Gasteiger partial charge in [0.15, 0.2) is 0 Å². The molecule has 0 heterocycles. The standard InChI is InChI=1S/C18H22BrNO/c1-12(2)20-11-15-9-13(3)5-8-18(15)21-16-6-7-17(19)14(4)10-16/h5-10,12,20H,11H2,1-4H3. The zero-order valence-electron chi connectivity index (χ0n) is 13.0. The zero-order chi connectivity index (χ0) is 15.4. The number of aryl methyl sites for hydroxylation is 2. The van der Waals surface area contributed by atoms with Gasteiger partial charge in [0.2, 0.25) is 0 Å². The third-order valence-electron chi connectivity index (χ3n) is 3.27. The summed E-state index contributed by atoms with van der Waals surface area (Å²) in [4.78, 5) is 0. The molecule has 2 nitrogen and oxygen atoms in total. The van der Waals surface area contributed by atoms with Crippen molar-refractivity contribution < 1.29 is 4.74 Å². The summed E-state index contributed by atoms with van der Waals surface area (Å²) in [7, 11) is 0. The molecule has 0 unspecified atom stereocenters. The van der Waals surface area contributed by atoms with Crippen LogP contribution in [0.1, 0.15) is 30.5 Å². The van der Waals surface area contributed by atoms with Crippen molar-refractivity contribution >= 4 is 15.9 Å². The summed E-state index contributed by atoms with van der Waals surface area (Å²) in [5.74, 6) is 1.78. The van der Waals surface area contributed by atoms with Gasteiger partial charge in [0.25, 0.3) is 0 Å². The van der Waals surface area contributed by atoms with Gasteiger partial charge in [-0.15, -0.1) is 0 Å². The van der Waals surface area contributed by atoms with Crippen LogP contribution in [0, 0.1) is 13.8 Å². The van der Waals surface area contributed by atoms with Crippen LogP contribution in [0.5, 0.6) is 11.5 Å². The molecule has 0 aliphatic heterocycles. The fourth-order valence-electron chi connectivity index (χ4n) is 2.07. The molecule has 1 N–H and O–H groups in total. The Hall–Kier alpha value is -1.32. The molecular weight excluding hydrogens is 326 g/mol. The van der Waals surface area contributed by atoms with Gasteiger partial charge in [0.1, 0.15) is 11.5 Å². The van der Waals surface area contributed by atoms with Crippen LogP contribution in [0.15, 0.2) is 40.9 Å². The molecule has 0 radical (unpaired) electrons. The van der Waals surface area contributed by atoms with Crippen molar-refractivity contribution in [2.75, 3.05) is 0 Å². The smallest absolute Gasteiger partial charge is 0.131 e. The monoisotopic (exact) mass is 347 g/mol. The highest BCUT2D eigenvalue weighted by molar-refractivity contribution is 9.10. The van der Waals surface area contributed by atoms with Gasteiger partial charge < -0.3 is 10.1 Å². The number of hydrogen-bond donors (Lipinski definition) is 1. The predicted molar refractivity (Wildman–Crippen MR) is 92.1 cm³/mol. The van der Waals surface area contributed by atoms with Crippen LogP contribution >= 0.6 is 15.9 Å². The summed E-state index contributed by atoms with van der Waals surface area (Å²) < 4.78 is 7.17. The first kappa shape index (κ1) is 16.1. The second kappa shape index (κ2) is 7.10. The second-order valence-corrected chi connectivity index (χ2v) is 6.51. The summed E-state index contributed by atoms with van der Waals surface area (Å²) in [6.07, 6.45) is 0. The van der Waals surface area contributed by atoms with Gasteiger partial charge in [0, 0.05) is 22.6 Å². The minimum atomic E-state index is 0.452. The molecule has 0 saturated carbocycles. The SMILES string of the molecule is Cc1ccc(Oc2ccc(Br)c(C)c2)c(CNC(C)C)c1. The average molecular weight is 348 g/mol. The minimum Gasteiger partial charge on any atom is -0.457 e. The fraction of sp³-hybridized carbons (Fsp3) is 0.333. The minimum absolute atomic E-state index is 0.452. The Kier molecular flexibility index (Phi) is 5.43. The lowest BCUT2D eigenvalue weighted by molar-refractivity contribution is 0.469. The molecule has 3 heteroatoms. The Balaban J connectivity index is 2.23. The van der Waals surface area contributed by atoms with E-state index in [1.165, 1.54) is 16.7 Å². The Morgan fingerprint density at radius 3 is 2.52 bits per heavy atom. The third kappa shape index (κ3) is 4.58. The number of hydrogen-bond acceptors (Lipinski definition) is 2. The number of benzene rings is 2. The predicted octanol–water partition coefficient (Wildman–Crippen LogP) is 5.36. The van der Waals surface area contributed by atoms with E-state index in [1.54, 1.807) is 0 Å². The van der Waals surface area contributed by atoms with Gasteiger partial charge in [-0.25, -0.2) is 0 Å². The van der Waals surface area contributed by atoms with Crippen LogP contribution in [0.4, 0.5) is 0 Å². The number of nitrogens with one attached hydrogen (secondary N) is 1. The molecule has 0 atom stereocenters. The highest BCUT2D eigenvalue weighted by atomic mass is 79.9. The van der Waals surface area contributed by atoms with E-state index in [0.717, 1.165) is 22.5 Å². The number of halogens is 1. The van der Waals surface area contributed by atoms with Gasteiger partial charge in [-0.05, 0) is 43.7 Å². The molecule has 0 aliphatic carbocycles. The topological polar surface area (TPSA) is 21.3 Å². The molecule has 0 spiro atoms. The normalized spacial score (nSPS) is 11.0. The first-order valence-electron chi connectivity index (χ1n) is 7.22. The van der Waals surface area contributed by atoms with Gasteiger partial charge in [-0.1, -0.05) is 47.5 Å². The van der Waals surface area contributed by atoms with Crippen molar-refractivity contribution in [3.05, 3.63) is 57.6 Å². The molecule has 0 bridgehead atoms. The van der Waals surface area contributed by atoms with E-state index in [2.05, 4.69) is 61.1 Å². The summed E-state index contributed by atoms with van der Waals surface area (Å²) in [6.45, 7) is 9.27. The number of ether oxygens (including phenoxy) is 1. The van der Waals surface area contributed by atoms with Gasteiger partial charge >= 0.3 is 0 Å². The van der Waals surface area contributed by atoms with Crippen LogP contribution in [0.2, 0.25) is 0 Å². The van der Waals surface area contributed by atoms with E-state index in [0.29, 0.717) is 6.04 Å². The molecule has 2 aromatic carbocycles. The van der Waals surface area contributed by atoms with E-state index >= 15 is 0 Å². The first-order valence-corrected chi connectivity index (χ1v) is 8.02. The van der Waals surface area contributed by atoms with Crippen molar-refractivity contribution in [3.8, 4) is 11.5 Å². The molecule has 2 rings (SSSR count). The Labute approximate surface area is 135 Å². The first-order chi connectivity index (χ1) is 9.95. The van der Waals surface area contributed by atoms with Crippen LogP contribution in [0.25, 0.3) is 0 Å². The van der Waals surface area contributed by atoms with Crippen molar-refractivity contribution in [1.29, 1.82) is 0 Å². The van der Waals surface area contributed by atoms with Gasteiger partial charge in [-0.2, -0.15) is 0 Å². The van der Waals surface area contributed by atoms with E-state index < -0.39 is 0 Å². The fourth-order valence-corrected chi connectivity index (χ4v) is 2.31. The molecule has 0 saturated heterocycles. The van der Waals surface area contributed by atoms with Crippen LogP contribution < -0.4 is 10.1 Å². The van der Waals surface area contributed by atoms with E-state index in [1.807, 2.05) is 24.3 Å². The third-order valence-corrected chi connectivity index (χ3v) is 4.16. The van der Waals surface area contributed by atoms with E-state index in [9.17, 15) is 0 Å². The maximum atomic E-state index is 6.07. The van der Waals surface area contributed by atoms with Crippen molar-refractivity contribution in [1.82, 2.24) is 5.32 Å². The average Bonchev–Trinajstić information content (AvgIpc) is 2.43. The summed E-state index contributed by atoms with van der Waals surface area (Å²) in [5, 5.41) is 3.45. The second-order valence-electron chi connectivity index (χ2n) is 5.66. The molecule has 0 amide bonds. The lowest BCUT2D eigenvalue weighted by atomic mass is 10.1. The van der Waals surface area contributed by atoms with Crippen LogP contribution in [-0.2, 0) is 6.54 Å². The molecule has 0 aliphatic rings. The molecular formula is C18H22BrNO. The highest BCUT2D eigenvalue weighted by Gasteiger charge is 2.07. The van der Waals surface area contributed by atoms with Gasteiger partial charge in [-0.3, -0.25) is 0 Å². The maximum Gasteiger partial charge on any atom is 0.131 e. The van der Waals surface area contributed by atoms with Crippen molar-refractivity contribution in [3.63, 3.8) is 0 Å².